The van der Waals surface area contributed by atoms with Gasteiger partial charge in [0.2, 0.25) is 0 Å². The number of hydrogen-bond donors (Lipinski definition) is 1. The molecule has 3 aliphatic rings. The zero-order valence-electron chi connectivity index (χ0n) is 16.3. The van der Waals surface area contributed by atoms with E-state index in [0.717, 1.165) is 16.9 Å². The number of nitrogens with two attached hydrogens (primary N) is 1. The zero-order chi connectivity index (χ0) is 21.0. The fourth-order valence-corrected chi connectivity index (χ4v) is 7.29. The van der Waals surface area contributed by atoms with Gasteiger partial charge in [-0.15, -0.1) is 23.1 Å². The first-order chi connectivity index (χ1) is 14.4. The monoisotopic (exact) mass is 444 g/mol. The standard InChI is InChI=1S/C22H21FN2O3S2/c23-12-4-5-17-14(10-12)16(27)11-22(30-17)6-8-25(9-7-22)21(28)18-13-2-1-3-15(26)19(13)29-20(18)24/h4-5,10H,1-3,6-9,11,24H2. The van der Waals surface area contributed by atoms with E-state index in [0.29, 0.717) is 66.2 Å². The summed E-state index contributed by atoms with van der Waals surface area (Å²) in [4.78, 5) is 41.3. The number of carbonyl (C=O) groups is 3. The number of thiophene rings is 1. The van der Waals surface area contributed by atoms with Gasteiger partial charge in [-0.25, -0.2) is 4.39 Å². The lowest BCUT2D eigenvalue weighted by atomic mass is 9.87. The molecule has 1 spiro atoms. The number of Topliss-reactive ketones (excluding diaryl/α,β-unsaturated/α-hetero) is 2. The predicted molar refractivity (Wildman–Crippen MR) is 115 cm³/mol. The van der Waals surface area contributed by atoms with Gasteiger partial charge in [-0.1, -0.05) is 0 Å². The predicted octanol–water partition coefficient (Wildman–Crippen LogP) is 4.34. The Kier molecular flexibility index (Phi) is 4.74. The highest BCUT2D eigenvalue weighted by atomic mass is 32.2. The third-order valence-corrected chi connectivity index (χ3v) is 9.01. The van der Waals surface area contributed by atoms with Gasteiger partial charge in [-0.05, 0) is 49.4 Å². The summed E-state index contributed by atoms with van der Waals surface area (Å²) in [5.74, 6) is -0.451. The van der Waals surface area contributed by atoms with E-state index in [-0.39, 0.29) is 22.2 Å². The molecule has 2 N–H and O–H groups in total. The highest BCUT2D eigenvalue weighted by Crippen LogP contribution is 2.49. The van der Waals surface area contributed by atoms with Crippen LogP contribution in [-0.4, -0.2) is 40.2 Å². The third-order valence-electron chi connectivity index (χ3n) is 6.35. The number of amides is 1. The quantitative estimate of drug-likeness (QED) is 0.708. The lowest BCUT2D eigenvalue weighted by molar-refractivity contribution is 0.0696. The van der Waals surface area contributed by atoms with Gasteiger partial charge < -0.3 is 10.6 Å². The Hall–Kier alpha value is -2.19. The van der Waals surface area contributed by atoms with Crippen LogP contribution in [0.1, 0.15) is 68.1 Å². The van der Waals surface area contributed by atoms with Crippen LogP contribution in [0.3, 0.4) is 0 Å². The average Bonchev–Trinajstić information content (AvgIpc) is 3.06. The van der Waals surface area contributed by atoms with Gasteiger partial charge in [0.1, 0.15) is 5.82 Å². The summed E-state index contributed by atoms with van der Waals surface area (Å²) < 4.78 is 13.3. The molecular weight excluding hydrogens is 423 g/mol. The van der Waals surface area contributed by atoms with E-state index in [1.165, 1.54) is 23.5 Å². The van der Waals surface area contributed by atoms with Crippen molar-refractivity contribution in [1.29, 1.82) is 0 Å². The van der Waals surface area contributed by atoms with Crippen molar-refractivity contribution >= 4 is 45.6 Å². The molecular formula is C22H21FN2O3S2. The summed E-state index contributed by atoms with van der Waals surface area (Å²) in [6.45, 7) is 1.07. The SMILES string of the molecule is Nc1sc2c(c1C(=O)N1CCC3(CC1)CC(=O)c1cc(F)ccc1S3)CCCC2=O. The molecule has 30 heavy (non-hydrogen) atoms. The smallest absolute Gasteiger partial charge is 0.257 e. The lowest BCUT2D eigenvalue weighted by Crippen LogP contribution is -2.47. The van der Waals surface area contributed by atoms with Crippen molar-refractivity contribution in [3.8, 4) is 0 Å². The highest BCUT2D eigenvalue weighted by Gasteiger charge is 2.43. The zero-order valence-corrected chi connectivity index (χ0v) is 18.0. The Labute approximate surface area is 181 Å². The van der Waals surface area contributed by atoms with Crippen molar-refractivity contribution in [3.63, 3.8) is 0 Å². The number of halogens is 1. The largest absolute Gasteiger partial charge is 0.390 e. The van der Waals surface area contributed by atoms with E-state index in [9.17, 15) is 18.8 Å². The van der Waals surface area contributed by atoms with Gasteiger partial charge in [0.25, 0.3) is 5.91 Å². The minimum absolute atomic E-state index is 0.0299. The number of thioether (sulfide) groups is 1. The first-order valence-corrected chi connectivity index (χ1v) is 11.8. The van der Waals surface area contributed by atoms with Gasteiger partial charge in [-0.3, -0.25) is 14.4 Å². The summed E-state index contributed by atoms with van der Waals surface area (Å²) in [5.41, 5.74) is 7.94. The summed E-state index contributed by atoms with van der Waals surface area (Å²) in [7, 11) is 0. The number of likely N-dealkylation sites (tertiary alicyclic amines) is 1. The Balaban J connectivity index is 1.35. The maximum absolute atomic E-state index is 13.5. The number of rotatable bonds is 1. The topological polar surface area (TPSA) is 80.5 Å². The molecule has 0 radical (unpaired) electrons. The van der Waals surface area contributed by atoms with Crippen LogP contribution < -0.4 is 5.73 Å². The number of carbonyl (C=O) groups excluding carboxylic acids is 3. The molecule has 3 heterocycles. The number of hydrogen-bond acceptors (Lipinski definition) is 6. The molecule has 1 aromatic carbocycles. The average molecular weight is 445 g/mol. The number of piperidine rings is 1. The molecule has 5 rings (SSSR count). The van der Waals surface area contributed by atoms with Crippen molar-refractivity contribution < 1.29 is 18.8 Å². The van der Waals surface area contributed by atoms with Gasteiger partial charge in [0.15, 0.2) is 11.6 Å². The van der Waals surface area contributed by atoms with Crippen molar-refractivity contribution in [1.82, 2.24) is 4.90 Å². The van der Waals surface area contributed by atoms with E-state index in [2.05, 4.69) is 0 Å². The molecule has 8 heteroatoms. The molecule has 2 aliphatic heterocycles. The number of anilines is 1. The van der Waals surface area contributed by atoms with E-state index in [4.69, 9.17) is 5.73 Å². The molecule has 1 aliphatic carbocycles. The normalized spacial score (nSPS) is 20.2. The van der Waals surface area contributed by atoms with Crippen molar-refractivity contribution in [3.05, 3.63) is 45.6 Å². The van der Waals surface area contributed by atoms with Crippen molar-refractivity contribution in [2.24, 2.45) is 0 Å². The van der Waals surface area contributed by atoms with Crippen LogP contribution in [0, 0.1) is 5.82 Å². The summed E-state index contributed by atoms with van der Waals surface area (Å²) >= 11 is 2.87. The van der Waals surface area contributed by atoms with Crippen LogP contribution in [0.25, 0.3) is 0 Å². The number of fused-ring (bicyclic) bond motifs is 2. The molecule has 0 bridgehead atoms. The maximum Gasteiger partial charge on any atom is 0.257 e. The highest BCUT2D eigenvalue weighted by molar-refractivity contribution is 8.01. The fourth-order valence-electron chi connectivity index (χ4n) is 4.74. The van der Waals surface area contributed by atoms with E-state index in [1.807, 2.05) is 0 Å². The number of benzene rings is 1. The Bertz CT molecular complexity index is 1090. The lowest BCUT2D eigenvalue weighted by Gasteiger charge is -2.43. The molecule has 1 saturated heterocycles. The minimum atomic E-state index is -0.394. The molecule has 0 unspecified atom stereocenters. The number of ketones is 2. The molecule has 0 atom stereocenters. The number of nitrogens with zero attached hydrogens (tertiary/aromatic N) is 1. The van der Waals surface area contributed by atoms with Crippen molar-refractivity contribution in [2.45, 2.75) is 48.2 Å². The third kappa shape index (κ3) is 3.17. The molecule has 0 saturated carbocycles. The Morgan fingerprint density at radius 1 is 1.13 bits per heavy atom. The number of nitrogen functional groups attached to an aromatic ring is 1. The molecule has 5 nitrogen and oxygen atoms in total. The van der Waals surface area contributed by atoms with Crippen LogP contribution in [0.15, 0.2) is 23.1 Å². The first kappa shape index (κ1) is 19.8. The van der Waals surface area contributed by atoms with Crippen LogP contribution in [0.4, 0.5) is 9.39 Å². The van der Waals surface area contributed by atoms with Crippen LogP contribution in [0.5, 0.6) is 0 Å². The second-order valence-electron chi connectivity index (χ2n) is 8.24. The van der Waals surface area contributed by atoms with Crippen LogP contribution in [-0.2, 0) is 6.42 Å². The minimum Gasteiger partial charge on any atom is -0.390 e. The molecule has 156 valence electrons. The van der Waals surface area contributed by atoms with Gasteiger partial charge >= 0.3 is 0 Å². The molecule has 1 amide bonds. The first-order valence-electron chi connectivity index (χ1n) is 10.1. The summed E-state index contributed by atoms with van der Waals surface area (Å²) in [6.07, 6.45) is 3.73. The van der Waals surface area contributed by atoms with Crippen molar-refractivity contribution in [2.75, 3.05) is 18.8 Å². The van der Waals surface area contributed by atoms with Crippen LogP contribution in [0.2, 0.25) is 0 Å². The summed E-state index contributed by atoms with van der Waals surface area (Å²) in [5, 5.41) is 0.429. The maximum atomic E-state index is 13.5. The van der Waals surface area contributed by atoms with Gasteiger partial charge in [0.05, 0.1) is 15.4 Å². The van der Waals surface area contributed by atoms with Gasteiger partial charge in [-0.2, -0.15) is 0 Å². The Morgan fingerprint density at radius 2 is 1.90 bits per heavy atom. The second-order valence-corrected chi connectivity index (χ2v) is 10.8. The Morgan fingerprint density at radius 3 is 2.67 bits per heavy atom. The van der Waals surface area contributed by atoms with E-state index >= 15 is 0 Å². The second kappa shape index (κ2) is 7.20. The molecule has 1 aromatic heterocycles. The van der Waals surface area contributed by atoms with Crippen LogP contribution >= 0.6 is 23.1 Å². The fraction of sp³-hybridized carbons (Fsp3) is 0.409. The van der Waals surface area contributed by atoms with Gasteiger partial charge in [0, 0.05) is 41.1 Å². The summed E-state index contributed by atoms with van der Waals surface area (Å²) in [6, 6.07) is 4.39. The molecule has 2 aromatic rings. The van der Waals surface area contributed by atoms with E-state index < -0.39 is 5.82 Å². The molecule has 1 fully saturated rings. The van der Waals surface area contributed by atoms with E-state index in [1.54, 1.807) is 22.7 Å².